The Labute approximate surface area is 104 Å². The van der Waals surface area contributed by atoms with Gasteiger partial charge < -0.3 is 10.1 Å². The van der Waals surface area contributed by atoms with Gasteiger partial charge in [0.05, 0.1) is 6.61 Å². The van der Waals surface area contributed by atoms with Gasteiger partial charge in [0.15, 0.2) is 0 Å². The number of rotatable bonds is 5. The van der Waals surface area contributed by atoms with Crippen molar-refractivity contribution in [3.8, 4) is 0 Å². The van der Waals surface area contributed by atoms with E-state index in [4.69, 9.17) is 10.6 Å². The van der Waals surface area contributed by atoms with Crippen LogP contribution in [0.5, 0.6) is 0 Å². The first kappa shape index (κ1) is 14.3. The summed E-state index contributed by atoms with van der Waals surface area (Å²) in [7, 11) is 1.69. The molecule has 0 aromatic carbocycles. The molecule has 0 radical (unpaired) electrons. The largest absolute Gasteiger partial charge is 0.383 e. The third-order valence-electron chi connectivity index (χ3n) is 3.25. The van der Waals surface area contributed by atoms with Crippen molar-refractivity contribution >= 4 is 5.96 Å². The summed E-state index contributed by atoms with van der Waals surface area (Å²) in [5.41, 5.74) is 2.61. The standard InChI is InChI=1S/C12H26N4O/c1-9-4-5-11(6-9)7-14-12(16-13)15-10(2)8-17-3/h9-11H,4-8,13H2,1-3H3,(H2,14,15,16). The molecule has 0 bridgehead atoms. The highest BCUT2D eigenvalue weighted by Gasteiger charge is 2.20. The molecule has 0 aromatic rings. The van der Waals surface area contributed by atoms with E-state index in [0.29, 0.717) is 18.5 Å². The fourth-order valence-electron chi connectivity index (χ4n) is 2.37. The van der Waals surface area contributed by atoms with Crippen LogP contribution < -0.4 is 16.6 Å². The van der Waals surface area contributed by atoms with E-state index in [-0.39, 0.29) is 6.04 Å². The second kappa shape index (κ2) is 7.50. The van der Waals surface area contributed by atoms with Crippen molar-refractivity contribution in [1.82, 2.24) is 10.7 Å². The van der Waals surface area contributed by atoms with Crippen LogP contribution in [-0.2, 0) is 4.74 Å². The van der Waals surface area contributed by atoms with E-state index >= 15 is 0 Å². The maximum atomic E-state index is 5.45. The monoisotopic (exact) mass is 242 g/mol. The molecule has 0 amide bonds. The minimum atomic E-state index is 0.206. The molecular weight excluding hydrogens is 216 g/mol. The summed E-state index contributed by atoms with van der Waals surface area (Å²) in [5, 5.41) is 3.19. The summed E-state index contributed by atoms with van der Waals surface area (Å²) >= 11 is 0. The van der Waals surface area contributed by atoms with Gasteiger partial charge in [-0.2, -0.15) is 0 Å². The van der Waals surface area contributed by atoms with E-state index in [2.05, 4.69) is 22.7 Å². The van der Waals surface area contributed by atoms with E-state index in [9.17, 15) is 0 Å². The van der Waals surface area contributed by atoms with Crippen LogP contribution in [0.25, 0.3) is 0 Å². The van der Waals surface area contributed by atoms with Gasteiger partial charge in [0.1, 0.15) is 0 Å². The molecule has 4 N–H and O–H groups in total. The first-order valence-electron chi connectivity index (χ1n) is 6.42. The van der Waals surface area contributed by atoms with Gasteiger partial charge in [-0.1, -0.05) is 13.3 Å². The summed E-state index contributed by atoms with van der Waals surface area (Å²) in [4.78, 5) is 4.49. The molecule has 0 heterocycles. The Bertz CT molecular complexity index is 245. The summed E-state index contributed by atoms with van der Waals surface area (Å²) in [6, 6.07) is 0.206. The lowest BCUT2D eigenvalue weighted by Crippen LogP contribution is -2.47. The predicted octanol–water partition coefficient (Wildman–Crippen LogP) is 0.866. The van der Waals surface area contributed by atoms with E-state index in [1.165, 1.54) is 19.3 Å². The molecule has 100 valence electrons. The van der Waals surface area contributed by atoms with E-state index in [0.717, 1.165) is 12.5 Å². The molecule has 5 nitrogen and oxygen atoms in total. The van der Waals surface area contributed by atoms with Gasteiger partial charge in [-0.05, 0) is 31.6 Å². The van der Waals surface area contributed by atoms with Gasteiger partial charge in [0, 0.05) is 19.7 Å². The smallest absolute Gasteiger partial charge is 0.206 e. The van der Waals surface area contributed by atoms with Gasteiger partial charge in [-0.15, -0.1) is 0 Å². The summed E-state index contributed by atoms with van der Waals surface area (Å²) < 4.78 is 5.05. The van der Waals surface area contributed by atoms with Crippen LogP contribution in [0.1, 0.15) is 33.1 Å². The minimum absolute atomic E-state index is 0.206. The third kappa shape index (κ3) is 5.37. The number of hydrogen-bond donors (Lipinski definition) is 3. The van der Waals surface area contributed by atoms with Gasteiger partial charge in [0.2, 0.25) is 5.96 Å². The summed E-state index contributed by atoms with van der Waals surface area (Å²) in [5.74, 6) is 7.67. The summed E-state index contributed by atoms with van der Waals surface area (Å²) in [6.45, 7) is 5.84. The number of hydrazine groups is 1. The molecule has 0 saturated heterocycles. The number of nitrogens with zero attached hydrogens (tertiary/aromatic N) is 1. The Balaban J connectivity index is 2.33. The van der Waals surface area contributed by atoms with E-state index in [1.807, 2.05) is 6.92 Å². The average molecular weight is 242 g/mol. The van der Waals surface area contributed by atoms with Crippen molar-refractivity contribution in [2.75, 3.05) is 20.3 Å². The first-order chi connectivity index (χ1) is 8.15. The molecule has 1 fully saturated rings. The third-order valence-corrected chi connectivity index (χ3v) is 3.25. The lowest BCUT2D eigenvalue weighted by molar-refractivity contribution is 0.179. The van der Waals surface area contributed by atoms with Crippen molar-refractivity contribution in [3.63, 3.8) is 0 Å². The molecule has 0 spiro atoms. The second-order valence-electron chi connectivity index (χ2n) is 5.12. The van der Waals surface area contributed by atoms with Crippen molar-refractivity contribution in [1.29, 1.82) is 0 Å². The van der Waals surface area contributed by atoms with Crippen LogP contribution >= 0.6 is 0 Å². The van der Waals surface area contributed by atoms with Crippen LogP contribution in [0.2, 0.25) is 0 Å². The molecule has 3 unspecified atom stereocenters. The molecule has 3 atom stereocenters. The van der Waals surface area contributed by atoms with Crippen LogP contribution in [0.15, 0.2) is 4.99 Å². The number of aliphatic imine (C=N–C) groups is 1. The Hall–Kier alpha value is -0.810. The van der Waals surface area contributed by atoms with Crippen LogP contribution in [0.3, 0.4) is 0 Å². The SMILES string of the molecule is COCC(C)NC(=NCC1CCC(C)C1)NN. The normalized spacial score (nSPS) is 26.9. The number of nitrogens with two attached hydrogens (primary N) is 1. The van der Waals surface area contributed by atoms with Crippen LogP contribution in [0, 0.1) is 11.8 Å². The molecule has 17 heavy (non-hydrogen) atoms. The molecule has 1 aliphatic carbocycles. The Morgan fingerprint density at radius 2 is 2.29 bits per heavy atom. The topological polar surface area (TPSA) is 71.7 Å². The van der Waals surface area contributed by atoms with Crippen LogP contribution in [0.4, 0.5) is 0 Å². The molecule has 5 heteroatoms. The predicted molar refractivity (Wildman–Crippen MR) is 70.6 cm³/mol. The lowest BCUT2D eigenvalue weighted by Gasteiger charge is -2.16. The minimum Gasteiger partial charge on any atom is -0.383 e. The molecule has 1 aliphatic rings. The van der Waals surface area contributed by atoms with Gasteiger partial charge in [-0.3, -0.25) is 10.4 Å². The average Bonchev–Trinajstić information content (AvgIpc) is 2.70. The number of nitrogens with one attached hydrogen (secondary N) is 2. The fraction of sp³-hybridized carbons (Fsp3) is 0.917. The quantitative estimate of drug-likeness (QED) is 0.289. The maximum Gasteiger partial charge on any atom is 0.206 e. The highest BCUT2D eigenvalue weighted by Crippen LogP contribution is 2.30. The number of hydrogen-bond acceptors (Lipinski definition) is 3. The maximum absolute atomic E-state index is 5.45. The second-order valence-corrected chi connectivity index (χ2v) is 5.12. The van der Waals surface area contributed by atoms with Crippen molar-refractivity contribution in [2.45, 2.75) is 39.2 Å². The zero-order valence-corrected chi connectivity index (χ0v) is 11.2. The summed E-state index contributed by atoms with van der Waals surface area (Å²) in [6.07, 6.45) is 3.91. The van der Waals surface area contributed by atoms with Crippen molar-refractivity contribution < 1.29 is 4.74 Å². The van der Waals surface area contributed by atoms with E-state index < -0.39 is 0 Å². The zero-order valence-electron chi connectivity index (χ0n) is 11.2. The van der Waals surface area contributed by atoms with Crippen molar-refractivity contribution in [3.05, 3.63) is 0 Å². The molecule has 0 aromatic heterocycles. The lowest BCUT2D eigenvalue weighted by atomic mass is 10.1. The zero-order chi connectivity index (χ0) is 12.7. The van der Waals surface area contributed by atoms with Crippen LogP contribution in [-0.4, -0.2) is 32.3 Å². The number of guanidine groups is 1. The molecule has 0 aliphatic heterocycles. The van der Waals surface area contributed by atoms with Gasteiger partial charge >= 0.3 is 0 Å². The highest BCUT2D eigenvalue weighted by molar-refractivity contribution is 5.79. The Morgan fingerprint density at radius 3 is 2.82 bits per heavy atom. The Kier molecular flexibility index (Phi) is 6.29. The fourth-order valence-corrected chi connectivity index (χ4v) is 2.37. The molecule has 1 saturated carbocycles. The highest BCUT2D eigenvalue weighted by atomic mass is 16.5. The van der Waals surface area contributed by atoms with E-state index in [1.54, 1.807) is 7.11 Å². The Morgan fingerprint density at radius 1 is 1.53 bits per heavy atom. The number of ether oxygens (including phenoxy) is 1. The van der Waals surface area contributed by atoms with Gasteiger partial charge in [0.25, 0.3) is 0 Å². The van der Waals surface area contributed by atoms with Gasteiger partial charge in [-0.25, -0.2) is 5.84 Å². The molecule has 1 rings (SSSR count). The number of methoxy groups -OCH3 is 1. The first-order valence-corrected chi connectivity index (χ1v) is 6.42. The molecular formula is C12H26N4O. The van der Waals surface area contributed by atoms with Crippen molar-refractivity contribution in [2.24, 2.45) is 22.7 Å².